The van der Waals surface area contributed by atoms with Crippen LogP contribution >= 0.6 is 0 Å². The predicted octanol–water partition coefficient (Wildman–Crippen LogP) is 2.35. The summed E-state index contributed by atoms with van der Waals surface area (Å²) in [6.45, 7) is 0.378. The van der Waals surface area contributed by atoms with Crippen LogP contribution in [0.2, 0.25) is 0 Å². The summed E-state index contributed by atoms with van der Waals surface area (Å²) in [4.78, 5) is 40.2. The standard InChI is InChI=1S/C23H28N4O4/c24-21(28)20-17-9-5-4-8-16(17)11-13-27(20)23(30)18(14-15-6-2-1-3-7-15)26-22(29)19-10-12-25-31-19/h4-5,8-10,12,15,18,20H,1-3,6-7,11,13-14H2,(H2,24,28)(H,26,29)/t18-,20-/m0/s1. The van der Waals surface area contributed by atoms with Crippen LogP contribution < -0.4 is 11.1 Å². The quantitative estimate of drug-likeness (QED) is 0.738. The lowest BCUT2D eigenvalue weighted by Gasteiger charge is -2.38. The van der Waals surface area contributed by atoms with Gasteiger partial charge in [-0.25, -0.2) is 0 Å². The third-order valence-electron chi connectivity index (χ3n) is 6.39. The van der Waals surface area contributed by atoms with E-state index in [1.807, 2.05) is 24.3 Å². The zero-order valence-corrected chi connectivity index (χ0v) is 17.5. The molecule has 164 valence electrons. The van der Waals surface area contributed by atoms with Crippen molar-refractivity contribution in [3.63, 3.8) is 0 Å². The molecular weight excluding hydrogens is 396 g/mol. The van der Waals surface area contributed by atoms with Gasteiger partial charge in [0.1, 0.15) is 12.1 Å². The smallest absolute Gasteiger partial charge is 0.290 e. The van der Waals surface area contributed by atoms with Gasteiger partial charge in [-0.3, -0.25) is 14.4 Å². The molecule has 31 heavy (non-hydrogen) atoms. The van der Waals surface area contributed by atoms with Crippen LogP contribution in [0.4, 0.5) is 0 Å². The largest absolute Gasteiger partial charge is 0.368 e. The fraction of sp³-hybridized carbons (Fsp3) is 0.478. The topological polar surface area (TPSA) is 119 Å². The first kappa shape index (κ1) is 21.1. The minimum Gasteiger partial charge on any atom is -0.368 e. The first-order chi connectivity index (χ1) is 15.0. The normalized spacial score (nSPS) is 20.0. The molecular formula is C23H28N4O4. The molecule has 2 aliphatic rings. The molecule has 0 unspecified atom stereocenters. The molecule has 0 radical (unpaired) electrons. The number of primary amides is 1. The highest BCUT2D eigenvalue weighted by atomic mass is 16.5. The zero-order chi connectivity index (χ0) is 21.8. The van der Waals surface area contributed by atoms with Crippen molar-refractivity contribution in [2.45, 2.75) is 57.0 Å². The van der Waals surface area contributed by atoms with Crippen molar-refractivity contribution in [3.8, 4) is 0 Å². The lowest BCUT2D eigenvalue weighted by molar-refractivity contribution is -0.142. The van der Waals surface area contributed by atoms with E-state index in [1.54, 1.807) is 0 Å². The second kappa shape index (κ2) is 9.32. The Kier molecular flexibility index (Phi) is 6.34. The number of rotatable bonds is 6. The first-order valence-corrected chi connectivity index (χ1v) is 10.9. The predicted molar refractivity (Wildman–Crippen MR) is 113 cm³/mol. The number of benzene rings is 1. The van der Waals surface area contributed by atoms with Crippen LogP contribution in [0.15, 0.2) is 41.1 Å². The SMILES string of the molecule is NC(=O)[C@@H]1c2ccccc2CCN1C(=O)[C@H](CC1CCCCC1)NC(=O)c1ccno1. The van der Waals surface area contributed by atoms with Crippen LogP contribution in [-0.2, 0) is 16.0 Å². The van der Waals surface area contributed by atoms with Gasteiger partial charge in [0.05, 0.1) is 6.20 Å². The summed E-state index contributed by atoms with van der Waals surface area (Å²) in [5.41, 5.74) is 7.51. The molecule has 1 fully saturated rings. The Morgan fingerprint density at radius 3 is 2.65 bits per heavy atom. The first-order valence-electron chi connectivity index (χ1n) is 10.9. The third kappa shape index (κ3) is 4.62. The molecule has 8 heteroatoms. The van der Waals surface area contributed by atoms with Crippen molar-refractivity contribution in [2.75, 3.05) is 6.54 Å². The number of nitrogens with one attached hydrogen (secondary N) is 1. The molecule has 1 aromatic heterocycles. The molecule has 0 saturated heterocycles. The summed E-state index contributed by atoms with van der Waals surface area (Å²) in [6.07, 6.45) is 8.07. The monoisotopic (exact) mass is 424 g/mol. The number of carbonyl (C=O) groups is 3. The van der Waals surface area contributed by atoms with E-state index in [1.165, 1.54) is 23.6 Å². The minimum absolute atomic E-state index is 0.0527. The van der Waals surface area contributed by atoms with E-state index in [4.69, 9.17) is 10.3 Å². The summed E-state index contributed by atoms with van der Waals surface area (Å²) >= 11 is 0. The molecule has 0 spiro atoms. The third-order valence-corrected chi connectivity index (χ3v) is 6.39. The van der Waals surface area contributed by atoms with Crippen molar-refractivity contribution in [3.05, 3.63) is 53.4 Å². The van der Waals surface area contributed by atoms with Gasteiger partial charge in [-0.1, -0.05) is 61.5 Å². The van der Waals surface area contributed by atoms with Gasteiger partial charge in [0.25, 0.3) is 5.91 Å². The summed E-state index contributed by atoms with van der Waals surface area (Å²) in [5.74, 6) is -0.936. The van der Waals surface area contributed by atoms with Crippen LogP contribution in [-0.4, -0.2) is 40.4 Å². The number of nitrogens with two attached hydrogens (primary N) is 1. The Bertz CT molecular complexity index is 937. The Morgan fingerprint density at radius 1 is 1.16 bits per heavy atom. The van der Waals surface area contributed by atoms with Crippen molar-refractivity contribution in [1.29, 1.82) is 0 Å². The van der Waals surface area contributed by atoms with E-state index in [9.17, 15) is 14.4 Å². The van der Waals surface area contributed by atoms with Crippen molar-refractivity contribution in [1.82, 2.24) is 15.4 Å². The number of amides is 3. The molecule has 1 aliphatic heterocycles. The van der Waals surface area contributed by atoms with Crippen LogP contribution in [0.3, 0.4) is 0 Å². The summed E-state index contributed by atoms with van der Waals surface area (Å²) in [6, 6.07) is 7.42. The highest BCUT2D eigenvalue weighted by Crippen LogP contribution is 2.32. The maximum atomic E-state index is 13.7. The fourth-order valence-corrected chi connectivity index (χ4v) is 4.85. The zero-order valence-electron chi connectivity index (χ0n) is 17.5. The lowest BCUT2D eigenvalue weighted by atomic mass is 9.84. The number of carbonyl (C=O) groups excluding carboxylic acids is 3. The molecule has 2 atom stereocenters. The second-order valence-electron chi connectivity index (χ2n) is 8.43. The highest BCUT2D eigenvalue weighted by Gasteiger charge is 2.38. The van der Waals surface area contributed by atoms with Crippen LogP contribution in [0.5, 0.6) is 0 Å². The number of aromatic nitrogens is 1. The van der Waals surface area contributed by atoms with Crippen molar-refractivity contribution in [2.24, 2.45) is 11.7 Å². The summed E-state index contributed by atoms with van der Waals surface area (Å²) in [5, 5.41) is 6.40. The van der Waals surface area contributed by atoms with E-state index in [0.29, 0.717) is 25.3 Å². The molecule has 1 aromatic carbocycles. The Hall–Kier alpha value is -3.16. The van der Waals surface area contributed by atoms with Crippen LogP contribution in [0.25, 0.3) is 0 Å². The molecule has 3 amide bonds. The van der Waals surface area contributed by atoms with Gasteiger partial charge in [0.15, 0.2) is 0 Å². The Morgan fingerprint density at radius 2 is 1.94 bits per heavy atom. The summed E-state index contributed by atoms with van der Waals surface area (Å²) in [7, 11) is 0. The van der Waals surface area contributed by atoms with Gasteiger partial charge in [-0.05, 0) is 29.9 Å². The van der Waals surface area contributed by atoms with E-state index >= 15 is 0 Å². The van der Waals surface area contributed by atoms with Gasteiger partial charge in [0, 0.05) is 12.6 Å². The Balaban J connectivity index is 1.59. The lowest BCUT2D eigenvalue weighted by Crippen LogP contribution is -2.54. The average Bonchev–Trinajstić information content (AvgIpc) is 3.33. The molecule has 4 rings (SSSR count). The fourth-order valence-electron chi connectivity index (χ4n) is 4.85. The maximum Gasteiger partial charge on any atom is 0.290 e. The minimum atomic E-state index is -0.839. The van der Waals surface area contributed by atoms with Gasteiger partial charge >= 0.3 is 0 Å². The van der Waals surface area contributed by atoms with Crippen LogP contribution in [0.1, 0.15) is 66.2 Å². The van der Waals surface area contributed by atoms with Crippen molar-refractivity contribution >= 4 is 17.7 Å². The van der Waals surface area contributed by atoms with Gasteiger partial charge in [-0.2, -0.15) is 0 Å². The van der Waals surface area contributed by atoms with E-state index in [2.05, 4.69) is 10.5 Å². The molecule has 1 aliphatic carbocycles. The molecule has 1 saturated carbocycles. The molecule has 2 aromatic rings. The molecule has 0 bridgehead atoms. The Labute approximate surface area is 181 Å². The van der Waals surface area contributed by atoms with E-state index in [0.717, 1.165) is 36.8 Å². The van der Waals surface area contributed by atoms with E-state index < -0.39 is 23.9 Å². The number of hydrogen-bond donors (Lipinski definition) is 2. The summed E-state index contributed by atoms with van der Waals surface area (Å²) < 4.78 is 4.96. The van der Waals surface area contributed by atoms with E-state index in [-0.39, 0.29) is 11.7 Å². The number of fused-ring (bicyclic) bond motifs is 1. The van der Waals surface area contributed by atoms with Gasteiger partial charge in [-0.15, -0.1) is 0 Å². The average molecular weight is 425 g/mol. The number of hydrogen-bond acceptors (Lipinski definition) is 5. The number of nitrogens with zero attached hydrogens (tertiary/aromatic N) is 2. The van der Waals surface area contributed by atoms with Crippen molar-refractivity contribution < 1.29 is 18.9 Å². The van der Waals surface area contributed by atoms with Crippen LogP contribution in [0, 0.1) is 5.92 Å². The van der Waals surface area contributed by atoms with Gasteiger partial charge in [0.2, 0.25) is 17.6 Å². The molecule has 8 nitrogen and oxygen atoms in total. The highest BCUT2D eigenvalue weighted by molar-refractivity contribution is 5.97. The second-order valence-corrected chi connectivity index (χ2v) is 8.43. The molecule has 2 heterocycles. The molecule has 3 N–H and O–H groups in total. The van der Waals surface area contributed by atoms with Gasteiger partial charge < -0.3 is 20.5 Å². The maximum absolute atomic E-state index is 13.7.